The van der Waals surface area contributed by atoms with Crippen LogP contribution >= 0.6 is 0 Å². The fourth-order valence-electron chi connectivity index (χ4n) is 3.42. The Kier molecular flexibility index (Phi) is 6.26. The highest BCUT2D eigenvalue weighted by molar-refractivity contribution is 6.00. The number of hydrogen-bond donors (Lipinski definition) is 3. The van der Waals surface area contributed by atoms with Gasteiger partial charge in [0.1, 0.15) is 5.82 Å². The van der Waals surface area contributed by atoms with E-state index in [0.29, 0.717) is 31.6 Å². The number of nitrogens with two attached hydrogens (primary N) is 1. The number of fused-ring (bicyclic) bond motifs is 1. The lowest BCUT2D eigenvalue weighted by Gasteiger charge is -2.32. The highest BCUT2D eigenvalue weighted by Crippen LogP contribution is 2.27. The lowest BCUT2D eigenvalue weighted by Crippen LogP contribution is -2.45. The maximum Gasteiger partial charge on any atom is 0.323 e. The van der Waals surface area contributed by atoms with Crippen LogP contribution in [0.4, 0.5) is 20.6 Å². The van der Waals surface area contributed by atoms with E-state index in [1.54, 1.807) is 23.1 Å². The third-order valence-electron chi connectivity index (χ3n) is 4.86. The van der Waals surface area contributed by atoms with Gasteiger partial charge in [0.25, 0.3) is 0 Å². The average Bonchev–Trinajstić information content (AvgIpc) is 2.69. The molecular formula is C21H25FN4O2. The number of halogens is 1. The van der Waals surface area contributed by atoms with Gasteiger partial charge in [0, 0.05) is 18.8 Å². The van der Waals surface area contributed by atoms with E-state index in [2.05, 4.69) is 10.6 Å². The molecule has 2 aromatic carbocycles. The molecule has 0 aromatic heterocycles. The SMILES string of the molecule is CCCC(N)C(=O)N1CCc2c(cccc2NC(=O)Nc2ccccc2F)C1. The van der Waals surface area contributed by atoms with Crippen molar-refractivity contribution in [3.05, 3.63) is 59.4 Å². The number of urea groups is 1. The van der Waals surface area contributed by atoms with E-state index in [1.165, 1.54) is 12.1 Å². The first-order valence-electron chi connectivity index (χ1n) is 9.47. The second kappa shape index (κ2) is 8.84. The number of carbonyl (C=O) groups is 2. The zero-order chi connectivity index (χ0) is 20.1. The normalized spacial score (nSPS) is 14.2. The number of para-hydroxylation sites is 1. The van der Waals surface area contributed by atoms with Crippen LogP contribution in [0.5, 0.6) is 0 Å². The Morgan fingerprint density at radius 2 is 1.86 bits per heavy atom. The van der Waals surface area contributed by atoms with Crippen molar-refractivity contribution in [3.8, 4) is 0 Å². The number of hydrogen-bond acceptors (Lipinski definition) is 3. The number of carbonyl (C=O) groups excluding carboxylic acids is 2. The molecule has 28 heavy (non-hydrogen) atoms. The van der Waals surface area contributed by atoms with Gasteiger partial charge in [-0.3, -0.25) is 4.79 Å². The summed E-state index contributed by atoms with van der Waals surface area (Å²) >= 11 is 0. The zero-order valence-electron chi connectivity index (χ0n) is 15.9. The quantitative estimate of drug-likeness (QED) is 0.737. The Morgan fingerprint density at radius 3 is 2.61 bits per heavy atom. The van der Waals surface area contributed by atoms with E-state index in [9.17, 15) is 14.0 Å². The maximum atomic E-state index is 13.7. The Hall–Kier alpha value is -2.93. The van der Waals surface area contributed by atoms with Crippen LogP contribution in [0.3, 0.4) is 0 Å². The monoisotopic (exact) mass is 384 g/mol. The highest BCUT2D eigenvalue weighted by atomic mass is 19.1. The summed E-state index contributed by atoms with van der Waals surface area (Å²) in [6, 6.07) is 10.6. The van der Waals surface area contributed by atoms with Crippen LogP contribution in [0.1, 0.15) is 30.9 Å². The van der Waals surface area contributed by atoms with Gasteiger partial charge in [-0.1, -0.05) is 37.6 Å². The summed E-state index contributed by atoms with van der Waals surface area (Å²) in [4.78, 5) is 26.5. The van der Waals surface area contributed by atoms with Gasteiger partial charge in [0.2, 0.25) is 5.91 Å². The zero-order valence-corrected chi connectivity index (χ0v) is 15.9. The molecule has 7 heteroatoms. The van der Waals surface area contributed by atoms with E-state index < -0.39 is 17.9 Å². The van der Waals surface area contributed by atoms with Crippen LogP contribution in [0, 0.1) is 5.82 Å². The Balaban J connectivity index is 1.69. The van der Waals surface area contributed by atoms with Gasteiger partial charge in [0.15, 0.2) is 0 Å². The molecule has 1 atom stereocenters. The molecule has 1 unspecified atom stereocenters. The van der Waals surface area contributed by atoms with Crippen molar-refractivity contribution in [2.24, 2.45) is 5.73 Å². The summed E-state index contributed by atoms with van der Waals surface area (Å²) in [5.74, 6) is -0.534. The van der Waals surface area contributed by atoms with Crippen LogP contribution < -0.4 is 16.4 Å². The summed E-state index contributed by atoms with van der Waals surface area (Å²) in [6.45, 7) is 3.02. The second-order valence-electron chi connectivity index (χ2n) is 6.91. The van der Waals surface area contributed by atoms with Gasteiger partial charge >= 0.3 is 6.03 Å². The minimum atomic E-state index is -0.512. The van der Waals surface area contributed by atoms with Crippen molar-refractivity contribution >= 4 is 23.3 Å². The topological polar surface area (TPSA) is 87.5 Å². The summed E-state index contributed by atoms with van der Waals surface area (Å²) in [6.07, 6.45) is 2.15. The predicted molar refractivity (Wildman–Crippen MR) is 107 cm³/mol. The Labute approximate surface area is 163 Å². The summed E-state index contributed by atoms with van der Waals surface area (Å²) in [7, 11) is 0. The molecule has 4 N–H and O–H groups in total. The molecule has 1 aliphatic rings. The highest BCUT2D eigenvalue weighted by Gasteiger charge is 2.26. The summed E-state index contributed by atoms with van der Waals surface area (Å²) < 4.78 is 13.7. The number of nitrogens with zero attached hydrogens (tertiary/aromatic N) is 1. The van der Waals surface area contributed by atoms with Crippen molar-refractivity contribution in [2.75, 3.05) is 17.2 Å². The third-order valence-corrected chi connectivity index (χ3v) is 4.86. The van der Waals surface area contributed by atoms with E-state index >= 15 is 0 Å². The van der Waals surface area contributed by atoms with Crippen LogP contribution in [-0.2, 0) is 17.8 Å². The average molecular weight is 384 g/mol. The van der Waals surface area contributed by atoms with E-state index in [0.717, 1.165) is 17.5 Å². The van der Waals surface area contributed by atoms with Crippen LogP contribution in [-0.4, -0.2) is 29.4 Å². The van der Waals surface area contributed by atoms with Gasteiger partial charge in [0.05, 0.1) is 11.7 Å². The molecule has 0 saturated heterocycles. The molecular weight excluding hydrogens is 359 g/mol. The van der Waals surface area contributed by atoms with Crippen LogP contribution in [0.15, 0.2) is 42.5 Å². The molecule has 0 radical (unpaired) electrons. The van der Waals surface area contributed by atoms with Crippen molar-refractivity contribution in [2.45, 2.75) is 38.8 Å². The van der Waals surface area contributed by atoms with Gasteiger partial charge in [-0.2, -0.15) is 0 Å². The molecule has 148 valence electrons. The van der Waals surface area contributed by atoms with Gasteiger partial charge < -0.3 is 21.3 Å². The number of nitrogens with one attached hydrogen (secondary N) is 2. The predicted octanol–water partition coefficient (Wildman–Crippen LogP) is 3.48. The molecule has 6 nitrogen and oxygen atoms in total. The Morgan fingerprint density at radius 1 is 1.14 bits per heavy atom. The third kappa shape index (κ3) is 4.48. The van der Waals surface area contributed by atoms with Crippen molar-refractivity contribution in [1.82, 2.24) is 4.90 Å². The van der Waals surface area contributed by atoms with E-state index in [1.807, 2.05) is 19.1 Å². The first kappa shape index (κ1) is 19.8. The number of amides is 3. The van der Waals surface area contributed by atoms with Crippen LogP contribution in [0.2, 0.25) is 0 Å². The molecule has 0 spiro atoms. The molecule has 0 aliphatic carbocycles. The molecule has 1 aliphatic heterocycles. The van der Waals surface area contributed by atoms with Gasteiger partial charge in [-0.15, -0.1) is 0 Å². The number of rotatable bonds is 5. The van der Waals surface area contributed by atoms with Crippen molar-refractivity contribution < 1.29 is 14.0 Å². The van der Waals surface area contributed by atoms with Gasteiger partial charge in [-0.05, 0) is 42.2 Å². The molecule has 1 heterocycles. The van der Waals surface area contributed by atoms with Crippen molar-refractivity contribution in [1.29, 1.82) is 0 Å². The lowest BCUT2D eigenvalue weighted by atomic mass is 9.97. The van der Waals surface area contributed by atoms with E-state index in [4.69, 9.17) is 5.73 Å². The first-order valence-corrected chi connectivity index (χ1v) is 9.47. The number of anilines is 2. The Bertz CT molecular complexity index is 871. The molecule has 3 rings (SSSR count). The summed E-state index contributed by atoms with van der Waals surface area (Å²) in [5.41, 5.74) is 8.72. The standard InChI is InChI=1S/C21H25FN4O2/c1-2-6-17(23)20(27)26-12-11-15-14(13-26)7-5-10-18(15)24-21(28)25-19-9-4-3-8-16(19)22/h3-5,7-10,17H,2,6,11-13,23H2,1H3,(H2,24,25,28). The van der Waals surface area contributed by atoms with Crippen LogP contribution in [0.25, 0.3) is 0 Å². The van der Waals surface area contributed by atoms with Crippen molar-refractivity contribution in [3.63, 3.8) is 0 Å². The minimum Gasteiger partial charge on any atom is -0.337 e. The fraction of sp³-hybridized carbons (Fsp3) is 0.333. The fourth-order valence-corrected chi connectivity index (χ4v) is 3.42. The van der Waals surface area contributed by atoms with Gasteiger partial charge in [-0.25, -0.2) is 9.18 Å². The van der Waals surface area contributed by atoms with E-state index in [-0.39, 0.29) is 11.6 Å². The largest absolute Gasteiger partial charge is 0.337 e. The molecule has 2 aromatic rings. The molecule has 0 bridgehead atoms. The summed E-state index contributed by atoms with van der Waals surface area (Å²) in [5, 5.41) is 5.30. The maximum absolute atomic E-state index is 13.7. The smallest absolute Gasteiger partial charge is 0.323 e. The molecule has 3 amide bonds. The minimum absolute atomic E-state index is 0.0387. The first-order chi connectivity index (χ1) is 13.5. The molecule has 0 saturated carbocycles. The second-order valence-corrected chi connectivity index (χ2v) is 6.91. The number of benzene rings is 2. The molecule has 0 fully saturated rings. The lowest BCUT2D eigenvalue weighted by molar-refractivity contribution is -0.133.